The summed E-state index contributed by atoms with van der Waals surface area (Å²) < 4.78 is 41.1. The molecule has 0 radical (unpaired) electrons. The van der Waals surface area contributed by atoms with Crippen molar-refractivity contribution in [3.05, 3.63) is 88.9 Å². The molecule has 0 bridgehead atoms. The van der Waals surface area contributed by atoms with E-state index in [0.29, 0.717) is 33.2 Å². The third kappa shape index (κ3) is 3.70. The van der Waals surface area contributed by atoms with Crippen LogP contribution in [0.2, 0.25) is 0 Å². The fourth-order valence-corrected chi connectivity index (χ4v) is 3.58. The van der Waals surface area contributed by atoms with Gasteiger partial charge in [0.25, 0.3) is 5.56 Å². The van der Waals surface area contributed by atoms with Gasteiger partial charge in [-0.25, -0.2) is 15.0 Å². The number of aliphatic hydroxyl groups is 1. The molecule has 0 atom stereocenters. The smallest absolute Gasteiger partial charge is 0.388 e. The fraction of sp³-hybridized carbons (Fsp3) is 0.0870. The molecule has 0 unspecified atom stereocenters. The number of hydrogen-bond donors (Lipinski definition) is 1. The van der Waals surface area contributed by atoms with Gasteiger partial charge in [0, 0.05) is 41.3 Å². The standard InChI is InChI=1S/C23H14F3N5O2/c24-23(25,26)15-2-1-3-16(8-15)31-20(33)7-4-13-9-27-18-6-5-17(30-21(18)22(13)31)14-10-28-19(12-32)29-11-14/h1-11,32H,12H2. The van der Waals surface area contributed by atoms with Gasteiger partial charge in [0.2, 0.25) is 0 Å². The molecule has 4 aromatic heterocycles. The highest BCUT2D eigenvalue weighted by molar-refractivity contribution is 6.02. The molecular weight excluding hydrogens is 435 g/mol. The van der Waals surface area contributed by atoms with Crippen molar-refractivity contribution in [1.82, 2.24) is 24.5 Å². The summed E-state index contributed by atoms with van der Waals surface area (Å²) in [4.78, 5) is 30.0. The van der Waals surface area contributed by atoms with E-state index in [1.807, 2.05) is 0 Å². The molecule has 0 fully saturated rings. The summed E-state index contributed by atoms with van der Waals surface area (Å²) in [6.45, 7) is -0.302. The lowest BCUT2D eigenvalue weighted by atomic mass is 10.1. The third-order valence-corrected chi connectivity index (χ3v) is 5.14. The molecule has 164 valence electrons. The molecule has 5 rings (SSSR count). The lowest BCUT2D eigenvalue weighted by molar-refractivity contribution is -0.137. The first kappa shape index (κ1) is 20.7. The largest absolute Gasteiger partial charge is 0.416 e. The maximum atomic E-state index is 13.3. The van der Waals surface area contributed by atoms with Gasteiger partial charge in [-0.1, -0.05) is 6.07 Å². The first-order chi connectivity index (χ1) is 15.8. The average molecular weight is 449 g/mol. The highest BCUT2D eigenvalue weighted by atomic mass is 19.4. The van der Waals surface area contributed by atoms with Crippen molar-refractivity contribution in [2.24, 2.45) is 0 Å². The molecule has 10 heteroatoms. The Balaban J connectivity index is 1.80. The van der Waals surface area contributed by atoms with Gasteiger partial charge in [0.15, 0.2) is 5.82 Å². The summed E-state index contributed by atoms with van der Waals surface area (Å²) in [7, 11) is 0. The van der Waals surface area contributed by atoms with Crippen molar-refractivity contribution >= 4 is 21.9 Å². The van der Waals surface area contributed by atoms with E-state index in [1.54, 1.807) is 24.4 Å². The number of pyridine rings is 3. The molecule has 0 aliphatic heterocycles. The number of rotatable bonds is 3. The number of benzene rings is 1. The maximum absolute atomic E-state index is 13.3. The van der Waals surface area contributed by atoms with E-state index in [9.17, 15) is 18.0 Å². The van der Waals surface area contributed by atoms with Gasteiger partial charge in [-0.3, -0.25) is 14.3 Å². The minimum atomic E-state index is -4.56. The second-order valence-electron chi connectivity index (χ2n) is 7.23. The van der Waals surface area contributed by atoms with Crippen molar-refractivity contribution in [1.29, 1.82) is 0 Å². The Morgan fingerprint density at radius 1 is 0.939 bits per heavy atom. The number of aromatic nitrogens is 5. The van der Waals surface area contributed by atoms with Crippen molar-refractivity contribution in [3.63, 3.8) is 0 Å². The molecule has 1 aromatic carbocycles. The SMILES string of the molecule is O=c1ccc2cnc3ccc(-c4cnc(CO)nc4)nc3c2n1-c1cccc(C(F)(F)F)c1. The van der Waals surface area contributed by atoms with Crippen molar-refractivity contribution in [2.75, 3.05) is 0 Å². The Morgan fingerprint density at radius 2 is 1.73 bits per heavy atom. The summed E-state index contributed by atoms with van der Waals surface area (Å²) in [6.07, 6.45) is -0.00196. The highest BCUT2D eigenvalue weighted by Crippen LogP contribution is 2.31. The van der Waals surface area contributed by atoms with E-state index < -0.39 is 17.3 Å². The van der Waals surface area contributed by atoms with Gasteiger partial charge in [0.05, 0.1) is 22.3 Å². The van der Waals surface area contributed by atoms with E-state index in [1.165, 1.54) is 35.2 Å². The Hall–Kier alpha value is -4.18. The lowest BCUT2D eigenvalue weighted by Gasteiger charge is -2.14. The van der Waals surface area contributed by atoms with Crippen molar-refractivity contribution in [2.45, 2.75) is 12.8 Å². The van der Waals surface area contributed by atoms with Crippen LogP contribution in [-0.4, -0.2) is 29.6 Å². The fourth-order valence-electron chi connectivity index (χ4n) is 3.58. The highest BCUT2D eigenvalue weighted by Gasteiger charge is 2.30. The topological polar surface area (TPSA) is 93.8 Å². The molecule has 0 amide bonds. The zero-order chi connectivity index (χ0) is 23.2. The number of hydrogen-bond acceptors (Lipinski definition) is 6. The van der Waals surface area contributed by atoms with Crippen LogP contribution in [0.1, 0.15) is 11.4 Å². The summed E-state index contributed by atoms with van der Waals surface area (Å²) in [6, 6.07) is 10.8. The van der Waals surface area contributed by atoms with Gasteiger partial charge in [-0.05, 0) is 36.4 Å². The lowest BCUT2D eigenvalue weighted by Crippen LogP contribution is -2.18. The molecule has 5 aromatic rings. The molecule has 33 heavy (non-hydrogen) atoms. The van der Waals surface area contributed by atoms with Gasteiger partial charge < -0.3 is 5.11 Å². The summed E-state index contributed by atoms with van der Waals surface area (Å²) in [5.74, 6) is 0.255. The second kappa shape index (κ2) is 7.75. The Kier molecular flexibility index (Phi) is 4.86. The molecule has 7 nitrogen and oxygen atoms in total. The number of fused-ring (bicyclic) bond motifs is 3. The van der Waals surface area contributed by atoms with Crippen LogP contribution in [0.5, 0.6) is 0 Å². The zero-order valence-corrected chi connectivity index (χ0v) is 16.8. The molecule has 0 saturated carbocycles. The molecule has 0 aliphatic rings. The van der Waals surface area contributed by atoms with E-state index in [2.05, 4.69) is 19.9 Å². The Labute approximate surface area is 183 Å². The van der Waals surface area contributed by atoms with E-state index in [0.717, 1.165) is 12.1 Å². The van der Waals surface area contributed by atoms with Gasteiger partial charge in [-0.15, -0.1) is 0 Å². The van der Waals surface area contributed by atoms with E-state index >= 15 is 0 Å². The van der Waals surface area contributed by atoms with Crippen molar-refractivity contribution in [3.8, 4) is 16.9 Å². The molecular formula is C23H14F3N5O2. The van der Waals surface area contributed by atoms with Crippen LogP contribution < -0.4 is 5.56 Å². The monoisotopic (exact) mass is 449 g/mol. The second-order valence-corrected chi connectivity index (χ2v) is 7.23. The minimum absolute atomic E-state index is 0.0655. The van der Waals surface area contributed by atoms with Crippen LogP contribution in [0, 0.1) is 0 Å². The van der Waals surface area contributed by atoms with Gasteiger partial charge in [0.1, 0.15) is 12.1 Å². The van der Waals surface area contributed by atoms with Crippen LogP contribution in [0.4, 0.5) is 13.2 Å². The van der Waals surface area contributed by atoms with Crippen LogP contribution in [0.15, 0.2) is 71.9 Å². The number of halogens is 3. The third-order valence-electron chi connectivity index (χ3n) is 5.14. The summed E-state index contributed by atoms with van der Waals surface area (Å²) in [5, 5.41) is 9.68. The van der Waals surface area contributed by atoms with Crippen LogP contribution in [0.3, 0.4) is 0 Å². The summed E-state index contributed by atoms with van der Waals surface area (Å²) in [5.41, 5.74) is 0.881. The zero-order valence-electron chi connectivity index (χ0n) is 16.8. The van der Waals surface area contributed by atoms with Crippen LogP contribution in [-0.2, 0) is 12.8 Å². The minimum Gasteiger partial charge on any atom is -0.388 e. The average Bonchev–Trinajstić information content (AvgIpc) is 2.83. The normalized spacial score (nSPS) is 11.9. The van der Waals surface area contributed by atoms with E-state index in [-0.39, 0.29) is 18.1 Å². The quantitative estimate of drug-likeness (QED) is 0.420. The van der Waals surface area contributed by atoms with Gasteiger partial charge in [-0.2, -0.15) is 13.2 Å². The molecule has 0 spiro atoms. The molecule has 0 saturated heterocycles. The predicted octanol–water partition coefficient (Wildman–Crippen LogP) is 3.90. The predicted molar refractivity (Wildman–Crippen MR) is 115 cm³/mol. The van der Waals surface area contributed by atoms with Crippen LogP contribution >= 0.6 is 0 Å². The van der Waals surface area contributed by atoms with E-state index in [4.69, 9.17) is 5.11 Å². The number of alkyl halides is 3. The Morgan fingerprint density at radius 3 is 2.45 bits per heavy atom. The number of nitrogens with zero attached hydrogens (tertiary/aromatic N) is 5. The first-order valence-electron chi connectivity index (χ1n) is 9.76. The Bertz CT molecular complexity index is 1560. The molecule has 0 aliphatic carbocycles. The first-order valence-corrected chi connectivity index (χ1v) is 9.76. The van der Waals surface area contributed by atoms with Gasteiger partial charge >= 0.3 is 6.18 Å². The summed E-state index contributed by atoms with van der Waals surface area (Å²) >= 11 is 0. The number of aliphatic hydroxyl groups excluding tert-OH is 1. The maximum Gasteiger partial charge on any atom is 0.416 e. The molecule has 4 heterocycles. The van der Waals surface area contributed by atoms with Crippen LogP contribution in [0.25, 0.3) is 38.9 Å². The van der Waals surface area contributed by atoms with Crippen molar-refractivity contribution < 1.29 is 18.3 Å². The molecule has 1 N–H and O–H groups in total.